The van der Waals surface area contributed by atoms with Gasteiger partial charge in [0.05, 0.1) is 6.26 Å². The van der Waals surface area contributed by atoms with Crippen LogP contribution in [0.5, 0.6) is 5.75 Å². The van der Waals surface area contributed by atoms with Crippen molar-refractivity contribution in [3.05, 3.63) is 53.8 Å². The number of rotatable bonds is 8. The molecule has 0 radical (unpaired) electrons. The fourth-order valence-corrected chi connectivity index (χ4v) is 3.28. The number of carbonyl (C=O) groups excluding carboxylic acids is 1. The highest BCUT2D eigenvalue weighted by Crippen LogP contribution is 2.24. The van der Waals surface area contributed by atoms with Crippen LogP contribution >= 0.6 is 0 Å². The van der Waals surface area contributed by atoms with Gasteiger partial charge in [-0.1, -0.05) is 11.6 Å². The topological polar surface area (TPSA) is 72.8 Å². The molecule has 138 valence electrons. The smallest absolute Gasteiger partial charge is 0.344 e. The van der Waals surface area contributed by atoms with Gasteiger partial charge in [-0.05, 0) is 68.9 Å². The summed E-state index contributed by atoms with van der Waals surface area (Å²) < 4.78 is 10.9. The minimum absolute atomic E-state index is 0.0828. The van der Waals surface area contributed by atoms with Gasteiger partial charge in [0.25, 0.3) is 0 Å². The minimum atomic E-state index is -0.966. The van der Waals surface area contributed by atoms with Crippen molar-refractivity contribution < 1.29 is 24.2 Å². The highest BCUT2D eigenvalue weighted by molar-refractivity contribution is 5.99. The number of carboxylic acids is 1. The standard InChI is InChI=1S/C21H24O5/c22-20(18-7-4-14-25-18)16-9-11-17(12-10-16)26-19(21(23)24)13-8-15-5-2-1-3-6-15/h4-5,9-12,14,18-19H,1-3,6-8,13H2,(H,23,24). The van der Waals surface area contributed by atoms with E-state index in [4.69, 9.17) is 9.47 Å². The first-order chi connectivity index (χ1) is 12.6. The second kappa shape index (κ2) is 8.70. The Bertz CT molecular complexity index is 694. The van der Waals surface area contributed by atoms with Crippen LogP contribution in [0.2, 0.25) is 0 Å². The molecule has 0 spiro atoms. The van der Waals surface area contributed by atoms with E-state index in [1.165, 1.54) is 18.4 Å². The van der Waals surface area contributed by atoms with Crippen molar-refractivity contribution in [3.63, 3.8) is 0 Å². The molecule has 0 amide bonds. The maximum Gasteiger partial charge on any atom is 0.344 e. The molecular weight excluding hydrogens is 332 g/mol. The maximum atomic E-state index is 12.3. The largest absolute Gasteiger partial charge is 0.490 e. The van der Waals surface area contributed by atoms with Gasteiger partial charge in [0.1, 0.15) is 5.75 Å². The van der Waals surface area contributed by atoms with Gasteiger partial charge in [-0.3, -0.25) is 4.79 Å². The van der Waals surface area contributed by atoms with Gasteiger partial charge in [0.15, 0.2) is 12.2 Å². The molecule has 5 nitrogen and oxygen atoms in total. The molecule has 0 aromatic heterocycles. The van der Waals surface area contributed by atoms with Crippen molar-refractivity contribution in [1.82, 2.24) is 0 Å². The quantitative estimate of drug-likeness (QED) is 0.556. The number of allylic oxidation sites excluding steroid dienone is 2. The molecule has 3 rings (SSSR count). The Morgan fingerprint density at radius 1 is 1.23 bits per heavy atom. The number of carbonyl (C=O) groups is 2. The molecule has 5 heteroatoms. The number of ketones is 1. The zero-order valence-electron chi connectivity index (χ0n) is 14.7. The highest BCUT2D eigenvalue weighted by atomic mass is 16.5. The third kappa shape index (κ3) is 4.75. The number of aliphatic carboxylic acids is 1. The van der Waals surface area contributed by atoms with Crippen LogP contribution in [0.1, 0.15) is 55.3 Å². The van der Waals surface area contributed by atoms with Crippen LogP contribution in [0.25, 0.3) is 0 Å². The van der Waals surface area contributed by atoms with E-state index in [0.717, 1.165) is 19.3 Å². The summed E-state index contributed by atoms with van der Waals surface area (Å²) in [5.41, 5.74) is 1.86. The number of benzene rings is 1. The summed E-state index contributed by atoms with van der Waals surface area (Å²) in [5.74, 6) is -0.593. The summed E-state index contributed by atoms with van der Waals surface area (Å²) in [6.07, 6.45) is 10.6. The van der Waals surface area contributed by atoms with Crippen LogP contribution in [0.4, 0.5) is 0 Å². The molecular formula is C21H24O5. The molecule has 2 aliphatic rings. The minimum Gasteiger partial charge on any atom is -0.490 e. The van der Waals surface area contributed by atoms with E-state index in [2.05, 4.69) is 6.08 Å². The Kier molecular flexibility index (Phi) is 6.10. The zero-order chi connectivity index (χ0) is 18.4. The Morgan fingerprint density at radius 3 is 2.65 bits per heavy atom. The van der Waals surface area contributed by atoms with E-state index < -0.39 is 18.2 Å². The summed E-state index contributed by atoms with van der Waals surface area (Å²) in [6, 6.07) is 6.60. The van der Waals surface area contributed by atoms with Crippen LogP contribution in [0, 0.1) is 0 Å². The fourth-order valence-electron chi connectivity index (χ4n) is 3.28. The summed E-state index contributed by atoms with van der Waals surface area (Å²) in [5, 5.41) is 9.43. The Hall–Kier alpha value is -2.56. The molecule has 2 atom stereocenters. The highest BCUT2D eigenvalue weighted by Gasteiger charge is 2.23. The lowest BCUT2D eigenvalue weighted by Crippen LogP contribution is -2.27. The molecule has 0 saturated heterocycles. The Balaban J connectivity index is 1.57. The van der Waals surface area contributed by atoms with Gasteiger partial charge in [-0.2, -0.15) is 0 Å². The molecule has 1 aliphatic carbocycles. The molecule has 26 heavy (non-hydrogen) atoms. The van der Waals surface area contributed by atoms with Crippen molar-refractivity contribution >= 4 is 11.8 Å². The maximum absolute atomic E-state index is 12.3. The van der Waals surface area contributed by atoms with E-state index in [1.54, 1.807) is 30.5 Å². The van der Waals surface area contributed by atoms with Gasteiger partial charge < -0.3 is 14.6 Å². The Labute approximate surface area is 153 Å². The van der Waals surface area contributed by atoms with E-state index >= 15 is 0 Å². The first-order valence-electron chi connectivity index (χ1n) is 9.15. The van der Waals surface area contributed by atoms with Crippen molar-refractivity contribution in [2.24, 2.45) is 0 Å². The van der Waals surface area contributed by atoms with Gasteiger partial charge in [0.2, 0.25) is 5.78 Å². The fraction of sp³-hybridized carbons (Fsp3) is 0.429. The first kappa shape index (κ1) is 18.2. The number of carboxylic acid groups (broad SMARTS) is 1. The molecule has 0 bridgehead atoms. The first-order valence-corrected chi connectivity index (χ1v) is 9.15. The average molecular weight is 356 g/mol. The molecule has 1 aromatic carbocycles. The van der Waals surface area contributed by atoms with Gasteiger partial charge in [0, 0.05) is 12.0 Å². The number of Topliss-reactive ketones (excluding diaryl/α,β-unsaturated/α-hetero) is 1. The van der Waals surface area contributed by atoms with E-state index in [1.807, 2.05) is 6.08 Å². The third-order valence-corrected chi connectivity index (χ3v) is 4.79. The van der Waals surface area contributed by atoms with Crippen LogP contribution in [0.3, 0.4) is 0 Å². The van der Waals surface area contributed by atoms with Gasteiger partial charge in [-0.25, -0.2) is 4.79 Å². The van der Waals surface area contributed by atoms with Crippen LogP contribution in [-0.2, 0) is 9.53 Å². The lowest BCUT2D eigenvalue weighted by molar-refractivity contribution is -0.145. The van der Waals surface area contributed by atoms with Crippen molar-refractivity contribution in [3.8, 4) is 5.75 Å². The normalized spacial score (nSPS) is 20.2. The monoisotopic (exact) mass is 356 g/mol. The second-order valence-corrected chi connectivity index (χ2v) is 6.71. The second-order valence-electron chi connectivity index (χ2n) is 6.71. The lowest BCUT2D eigenvalue weighted by Gasteiger charge is -2.18. The molecule has 1 aromatic rings. The third-order valence-electron chi connectivity index (χ3n) is 4.79. The van der Waals surface area contributed by atoms with Crippen LogP contribution in [0.15, 0.2) is 48.3 Å². The van der Waals surface area contributed by atoms with Crippen molar-refractivity contribution in [1.29, 1.82) is 0 Å². The molecule has 1 heterocycles. The summed E-state index contributed by atoms with van der Waals surface area (Å²) in [6.45, 7) is 0. The average Bonchev–Trinajstić information content (AvgIpc) is 3.20. The molecule has 1 N–H and O–H groups in total. The SMILES string of the molecule is O=C(O)C(CCC1=CCCCC1)Oc1ccc(C(=O)C2CC=CO2)cc1. The Morgan fingerprint density at radius 2 is 2.04 bits per heavy atom. The zero-order valence-corrected chi connectivity index (χ0v) is 14.7. The molecule has 2 unspecified atom stereocenters. The lowest BCUT2D eigenvalue weighted by atomic mass is 9.95. The van der Waals surface area contributed by atoms with Gasteiger partial charge in [-0.15, -0.1) is 0 Å². The van der Waals surface area contributed by atoms with Gasteiger partial charge >= 0.3 is 5.97 Å². The van der Waals surface area contributed by atoms with E-state index in [0.29, 0.717) is 24.2 Å². The molecule has 0 fully saturated rings. The number of ether oxygens (including phenoxy) is 2. The van der Waals surface area contributed by atoms with Crippen LogP contribution in [-0.4, -0.2) is 29.1 Å². The van der Waals surface area contributed by atoms with Crippen LogP contribution < -0.4 is 4.74 Å². The van der Waals surface area contributed by atoms with E-state index in [-0.39, 0.29) is 5.78 Å². The summed E-state index contributed by atoms with van der Waals surface area (Å²) in [4.78, 5) is 23.8. The summed E-state index contributed by atoms with van der Waals surface area (Å²) in [7, 11) is 0. The van der Waals surface area contributed by atoms with Crippen molar-refractivity contribution in [2.45, 2.75) is 57.2 Å². The molecule has 1 aliphatic heterocycles. The number of hydrogen-bond acceptors (Lipinski definition) is 4. The summed E-state index contributed by atoms with van der Waals surface area (Å²) >= 11 is 0. The molecule has 0 saturated carbocycles. The van der Waals surface area contributed by atoms with E-state index in [9.17, 15) is 14.7 Å². The predicted molar refractivity (Wildman–Crippen MR) is 97.2 cm³/mol. The predicted octanol–water partition coefficient (Wildman–Crippen LogP) is 4.28. The number of hydrogen-bond donors (Lipinski definition) is 1. The van der Waals surface area contributed by atoms with Crippen molar-refractivity contribution in [2.75, 3.05) is 0 Å².